The summed E-state index contributed by atoms with van der Waals surface area (Å²) in [7, 11) is 0. The van der Waals surface area contributed by atoms with Gasteiger partial charge in [0, 0.05) is 17.1 Å². The second-order valence-electron chi connectivity index (χ2n) is 5.88. The molecule has 0 unspecified atom stereocenters. The van der Waals surface area contributed by atoms with Gasteiger partial charge in [0.2, 0.25) is 0 Å². The first-order chi connectivity index (χ1) is 11.1. The Labute approximate surface area is 142 Å². The molecule has 4 heteroatoms. The molecule has 1 aromatic carbocycles. The fourth-order valence-electron chi connectivity index (χ4n) is 3.30. The summed E-state index contributed by atoms with van der Waals surface area (Å²) in [5.74, 6) is 1.25. The van der Waals surface area contributed by atoms with Gasteiger partial charge in [-0.05, 0) is 42.4 Å². The highest BCUT2D eigenvalue weighted by molar-refractivity contribution is 7.99. The van der Waals surface area contributed by atoms with Crippen LogP contribution in [0.25, 0.3) is 5.57 Å². The Hall–Kier alpha value is -2.04. The minimum Gasteiger partial charge on any atom is -0.300 e. The lowest BCUT2D eigenvalue weighted by Crippen LogP contribution is -2.25. The number of thioether (sulfide) groups is 1. The van der Waals surface area contributed by atoms with Crippen molar-refractivity contribution >= 4 is 23.1 Å². The highest BCUT2D eigenvalue weighted by atomic mass is 32.2. The zero-order chi connectivity index (χ0) is 16.8. The van der Waals surface area contributed by atoms with E-state index in [1.165, 1.54) is 0 Å². The van der Waals surface area contributed by atoms with Crippen molar-refractivity contribution in [3.63, 3.8) is 0 Å². The largest absolute Gasteiger partial charge is 0.300 e. The third-order valence-electron chi connectivity index (χ3n) is 4.24. The van der Waals surface area contributed by atoms with Gasteiger partial charge in [-0.1, -0.05) is 31.5 Å². The minimum absolute atomic E-state index is 0.0769. The van der Waals surface area contributed by atoms with E-state index in [1.54, 1.807) is 18.7 Å². The topological polar surface area (TPSA) is 64.7 Å². The molecular weight excluding hydrogens is 304 g/mol. The van der Waals surface area contributed by atoms with Crippen molar-refractivity contribution in [3.8, 4) is 12.1 Å². The van der Waals surface area contributed by atoms with Crippen LogP contribution in [0.1, 0.15) is 38.7 Å². The Morgan fingerprint density at radius 3 is 2.65 bits per heavy atom. The van der Waals surface area contributed by atoms with Crippen LogP contribution >= 0.6 is 11.8 Å². The lowest BCUT2D eigenvalue weighted by atomic mass is 9.77. The molecule has 1 aromatic rings. The van der Waals surface area contributed by atoms with E-state index in [4.69, 9.17) is 0 Å². The highest BCUT2D eigenvalue weighted by Crippen LogP contribution is 2.46. The number of benzene rings is 1. The van der Waals surface area contributed by atoms with E-state index in [0.29, 0.717) is 6.42 Å². The van der Waals surface area contributed by atoms with Crippen molar-refractivity contribution in [1.29, 1.82) is 10.5 Å². The lowest BCUT2D eigenvalue weighted by molar-refractivity contribution is -0.118. The summed E-state index contributed by atoms with van der Waals surface area (Å²) in [6.45, 7) is 3.72. The maximum Gasteiger partial charge on any atom is 0.133 e. The maximum atomic E-state index is 11.7. The Kier molecular flexibility index (Phi) is 6.02. The summed E-state index contributed by atoms with van der Waals surface area (Å²) >= 11 is 1.76. The number of fused-ring (bicyclic) bond motifs is 1. The molecule has 1 aliphatic heterocycles. The molecule has 1 aliphatic rings. The van der Waals surface area contributed by atoms with Crippen molar-refractivity contribution in [2.24, 2.45) is 11.8 Å². The van der Waals surface area contributed by atoms with Gasteiger partial charge in [0.1, 0.15) is 23.5 Å². The van der Waals surface area contributed by atoms with Crippen LogP contribution in [0, 0.1) is 34.5 Å². The summed E-state index contributed by atoms with van der Waals surface area (Å²) in [6.07, 6.45) is 2.43. The first-order valence-corrected chi connectivity index (χ1v) is 8.86. The van der Waals surface area contributed by atoms with Gasteiger partial charge in [-0.2, -0.15) is 10.5 Å². The minimum atomic E-state index is 0.0769. The molecule has 0 N–H and O–H groups in total. The second-order valence-corrected chi connectivity index (χ2v) is 6.94. The van der Waals surface area contributed by atoms with E-state index in [1.807, 2.05) is 24.3 Å². The van der Waals surface area contributed by atoms with Gasteiger partial charge in [0.25, 0.3) is 0 Å². The van der Waals surface area contributed by atoms with Gasteiger partial charge in [-0.3, -0.25) is 0 Å². The fourth-order valence-corrected chi connectivity index (χ4v) is 4.61. The zero-order valence-corrected chi connectivity index (χ0v) is 14.3. The van der Waals surface area contributed by atoms with E-state index >= 15 is 0 Å². The molecule has 0 spiro atoms. The average Bonchev–Trinajstić information content (AvgIpc) is 2.55. The van der Waals surface area contributed by atoms with E-state index in [2.05, 4.69) is 19.1 Å². The van der Waals surface area contributed by atoms with Crippen molar-refractivity contribution in [2.75, 3.05) is 5.75 Å². The first-order valence-electron chi connectivity index (χ1n) is 7.88. The van der Waals surface area contributed by atoms with Crippen molar-refractivity contribution in [3.05, 3.63) is 35.4 Å². The van der Waals surface area contributed by atoms with E-state index < -0.39 is 0 Å². The van der Waals surface area contributed by atoms with Gasteiger partial charge in [0.05, 0.1) is 0 Å². The van der Waals surface area contributed by atoms with Gasteiger partial charge >= 0.3 is 0 Å². The number of rotatable bonds is 5. The standard InChI is InChI=1S/C19H20N2OS/c1-3-6-14(9-13(2)22)17-12-23-18-8-5-4-7-16(18)19(17)15(10-20)11-21/h4-5,7-8,14,17H,3,6,9,12H2,1-2H3/t14-,17+/m1/s1. The summed E-state index contributed by atoms with van der Waals surface area (Å²) in [5, 5.41) is 18.8. The molecule has 2 rings (SSSR count). The molecule has 0 aromatic heterocycles. The Bertz CT molecular complexity index is 693. The number of carbonyl (C=O) groups excluding carboxylic acids is 1. The number of ketones is 1. The predicted molar refractivity (Wildman–Crippen MR) is 92.5 cm³/mol. The molecule has 23 heavy (non-hydrogen) atoms. The third-order valence-corrected chi connectivity index (χ3v) is 5.43. The van der Waals surface area contributed by atoms with Crippen LogP contribution in [-0.4, -0.2) is 11.5 Å². The second kappa shape index (κ2) is 7.99. The van der Waals surface area contributed by atoms with Crippen LogP contribution in [0.2, 0.25) is 0 Å². The molecular formula is C19H20N2OS. The van der Waals surface area contributed by atoms with Gasteiger partial charge in [-0.15, -0.1) is 11.8 Å². The zero-order valence-electron chi connectivity index (χ0n) is 13.5. The van der Waals surface area contributed by atoms with E-state index in [9.17, 15) is 15.3 Å². The molecule has 2 atom stereocenters. The quantitative estimate of drug-likeness (QED) is 0.742. The number of allylic oxidation sites excluding steroid dienone is 2. The monoisotopic (exact) mass is 324 g/mol. The number of hydrogen-bond acceptors (Lipinski definition) is 4. The first kappa shape index (κ1) is 17.3. The lowest BCUT2D eigenvalue weighted by Gasteiger charge is -2.33. The molecule has 0 saturated carbocycles. The Balaban J connectivity index is 2.55. The van der Waals surface area contributed by atoms with Crippen LogP contribution in [-0.2, 0) is 4.79 Å². The van der Waals surface area contributed by atoms with Gasteiger partial charge in [-0.25, -0.2) is 0 Å². The molecule has 0 fully saturated rings. The molecule has 0 radical (unpaired) electrons. The molecule has 0 aliphatic carbocycles. The number of carbonyl (C=O) groups is 1. The Morgan fingerprint density at radius 1 is 1.35 bits per heavy atom. The summed E-state index contributed by atoms with van der Waals surface area (Å²) in [4.78, 5) is 12.8. The molecule has 0 bridgehead atoms. The summed E-state index contributed by atoms with van der Waals surface area (Å²) < 4.78 is 0. The number of hydrogen-bond donors (Lipinski definition) is 0. The average molecular weight is 324 g/mol. The predicted octanol–water partition coefficient (Wildman–Crippen LogP) is 4.60. The third kappa shape index (κ3) is 3.84. The SMILES string of the molecule is CCC[C@H](CC(C)=O)[C@@H]1CSc2ccccc2C1=C(C#N)C#N. The maximum absolute atomic E-state index is 11.7. The summed E-state index contributed by atoms with van der Waals surface area (Å²) in [6, 6.07) is 12.1. The van der Waals surface area contributed by atoms with E-state index in [0.717, 1.165) is 34.6 Å². The number of nitriles is 2. The van der Waals surface area contributed by atoms with Crippen molar-refractivity contribution in [1.82, 2.24) is 0 Å². The van der Waals surface area contributed by atoms with Gasteiger partial charge < -0.3 is 4.79 Å². The van der Waals surface area contributed by atoms with Crippen molar-refractivity contribution in [2.45, 2.75) is 38.0 Å². The normalized spacial score (nSPS) is 17.6. The molecule has 0 saturated heterocycles. The van der Waals surface area contributed by atoms with Crippen molar-refractivity contribution < 1.29 is 4.79 Å². The Morgan fingerprint density at radius 2 is 2.04 bits per heavy atom. The molecule has 118 valence electrons. The summed E-state index contributed by atoms with van der Waals surface area (Å²) in [5.41, 5.74) is 2.01. The van der Waals surface area contributed by atoms with Crippen LogP contribution in [0.15, 0.2) is 34.7 Å². The van der Waals surface area contributed by atoms with Crippen LogP contribution in [0.5, 0.6) is 0 Å². The van der Waals surface area contributed by atoms with Gasteiger partial charge in [0.15, 0.2) is 0 Å². The van der Waals surface area contributed by atoms with E-state index in [-0.39, 0.29) is 23.2 Å². The molecule has 1 heterocycles. The highest BCUT2D eigenvalue weighted by Gasteiger charge is 2.33. The molecule has 0 amide bonds. The smallest absolute Gasteiger partial charge is 0.133 e. The van der Waals surface area contributed by atoms with Crippen LogP contribution in [0.4, 0.5) is 0 Å². The van der Waals surface area contributed by atoms with Crippen LogP contribution in [0.3, 0.4) is 0 Å². The fraction of sp³-hybridized carbons (Fsp3) is 0.421. The van der Waals surface area contributed by atoms with Crippen LogP contribution < -0.4 is 0 Å². The number of nitrogens with zero attached hydrogens (tertiary/aromatic N) is 2. The molecule has 3 nitrogen and oxygen atoms in total. The number of Topliss-reactive ketones (excluding diaryl/α,β-unsaturated/α-hetero) is 1.